The molecule has 16 atom stereocenters. The van der Waals surface area contributed by atoms with Gasteiger partial charge in [-0.25, -0.2) is 4.79 Å². The summed E-state index contributed by atoms with van der Waals surface area (Å²) in [5.74, 6) is -16.1. The number of H-pyrrole nitrogens is 2. The van der Waals surface area contributed by atoms with Crippen molar-refractivity contribution < 1.29 is 100 Å². The lowest BCUT2D eigenvalue weighted by Gasteiger charge is -2.33. The van der Waals surface area contributed by atoms with Crippen LogP contribution in [0.5, 0.6) is 0 Å². The summed E-state index contributed by atoms with van der Waals surface area (Å²) in [6.45, 7) is 3.97. The number of aromatic nitrogens is 2. The van der Waals surface area contributed by atoms with Crippen molar-refractivity contribution in [3.05, 3.63) is 72.1 Å². The lowest BCUT2D eigenvalue weighted by Crippen LogP contribution is -2.63. The number of nitrogens with zero attached hydrogens (tertiary/aromatic N) is 2. The van der Waals surface area contributed by atoms with Gasteiger partial charge in [0.2, 0.25) is 82.7 Å². The van der Waals surface area contributed by atoms with Crippen molar-refractivity contribution in [3.8, 4) is 0 Å². The molecule has 0 bridgehead atoms. The zero-order chi connectivity index (χ0) is 87.3. The van der Waals surface area contributed by atoms with Gasteiger partial charge in [0, 0.05) is 60.1 Å². The van der Waals surface area contributed by atoms with Crippen LogP contribution < -0.4 is 98.2 Å². The average Bonchev–Trinajstić information content (AvgIpc) is 1.64. The zero-order valence-electron chi connectivity index (χ0n) is 66.2. The van der Waals surface area contributed by atoms with Crippen LogP contribution in [0.3, 0.4) is 0 Å². The third-order valence-corrected chi connectivity index (χ3v) is 20.5. The number of carbonyl (C=O) groups excluding carboxylic acids is 14. The number of hydrogen-bond donors (Lipinski definition) is 23. The number of hydrogen-bond acceptors (Lipinski definition) is 23. The van der Waals surface area contributed by atoms with E-state index in [1.807, 2.05) is 0 Å². The number of aromatic amines is 2. The van der Waals surface area contributed by atoms with Gasteiger partial charge in [-0.15, -0.1) is 0 Å². The van der Waals surface area contributed by atoms with E-state index in [2.05, 4.69) is 73.8 Å². The predicted octanol–water partition coefficient (Wildman–Crippen LogP) is -6.20. The van der Waals surface area contributed by atoms with Crippen LogP contribution in [-0.2, 0) is 84.8 Å². The largest absolute Gasteiger partial charge is 0.490 e. The third-order valence-electron chi connectivity index (χ3n) is 20.5. The van der Waals surface area contributed by atoms with Crippen LogP contribution in [0.15, 0.2) is 60.9 Å². The van der Waals surface area contributed by atoms with Gasteiger partial charge < -0.3 is 133 Å². The second-order valence-electron chi connectivity index (χ2n) is 29.2. The highest BCUT2D eigenvalue weighted by atomic mass is 19.4. The summed E-state index contributed by atoms with van der Waals surface area (Å²) in [6, 6.07) is -6.52. The topological polar surface area (TPSA) is 655 Å². The first-order valence-electron chi connectivity index (χ1n) is 39.2. The highest BCUT2D eigenvalue weighted by Crippen LogP contribution is 2.28. The number of nitrogens with one attached hydrogen (secondary N) is 14. The Hall–Kier alpha value is -11.0. The molecule has 29 N–H and O–H groups in total. The summed E-state index contributed by atoms with van der Waals surface area (Å²) in [4.78, 5) is 221. The summed E-state index contributed by atoms with van der Waals surface area (Å²) in [5, 5.41) is 61.7. The molecule has 2 aromatic heterocycles. The summed E-state index contributed by atoms with van der Waals surface area (Å²) in [6.07, 6.45) is -3.95. The van der Waals surface area contributed by atoms with Gasteiger partial charge in [-0.2, -0.15) is 13.2 Å². The number of aliphatic hydroxyl groups excluding tert-OH is 2. The minimum absolute atomic E-state index is 0.0147. The van der Waals surface area contributed by atoms with E-state index in [-0.39, 0.29) is 136 Å². The number of fused-ring (bicyclic) bond motifs is 4. The minimum atomic E-state index is -5.08. The van der Waals surface area contributed by atoms with Crippen LogP contribution in [0.1, 0.15) is 116 Å². The van der Waals surface area contributed by atoms with Gasteiger partial charge in [0.25, 0.3) is 0 Å². The van der Waals surface area contributed by atoms with Gasteiger partial charge in [0.1, 0.15) is 84.6 Å². The third kappa shape index (κ3) is 26.8. The smallest absolute Gasteiger partial charge is 0.475 e. The van der Waals surface area contributed by atoms with Crippen molar-refractivity contribution in [3.63, 3.8) is 0 Å². The molecule has 2 aromatic carbocycles. The van der Waals surface area contributed by atoms with Crippen molar-refractivity contribution >= 4 is 110 Å². The van der Waals surface area contributed by atoms with Gasteiger partial charge in [-0.05, 0) is 153 Å². The number of amides is 14. The van der Waals surface area contributed by atoms with Crippen LogP contribution in [0.25, 0.3) is 21.8 Å². The Kier molecular flexibility index (Phi) is 37.6. The van der Waals surface area contributed by atoms with Gasteiger partial charge in [-0.1, -0.05) is 56.7 Å². The number of aliphatic hydroxyl groups is 2. The van der Waals surface area contributed by atoms with Crippen molar-refractivity contribution in [1.82, 2.24) is 83.6 Å². The molecule has 3 fully saturated rings. The van der Waals surface area contributed by atoms with Crippen molar-refractivity contribution in [1.29, 1.82) is 0 Å². The highest BCUT2D eigenvalue weighted by Gasteiger charge is 2.46. The number of aliphatic carboxylic acids is 1. The molecular weight excluding hydrogens is 1550 g/mol. The maximum absolute atomic E-state index is 15.0. The Labute approximate surface area is 677 Å². The first kappa shape index (κ1) is 95.9. The van der Waals surface area contributed by atoms with Gasteiger partial charge >= 0.3 is 12.1 Å². The molecule has 3 aliphatic rings. The fourth-order valence-corrected chi connectivity index (χ4v) is 13.8. The maximum Gasteiger partial charge on any atom is 0.490 e. The molecule has 0 aliphatic carbocycles. The molecule has 7 rings (SSSR count). The lowest BCUT2D eigenvalue weighted by atomic mass is 9.96. The van der Waals surface area contributed by atoms with Crippen molar-refractivity contribution in [2.75, 3.05) is 59.0 Å². The van der Waals surface area contributed by atoms with Crippen LogP contribution in [0, 0.1) is 5.92 Å². The molecule has 40 nitrogen and oxygen atoms in total. The fraction of sp³-hybridized carbons (Fsp3) is 0.587. The number of carboxylic acid groups (broad SMARTS) is 1. The lowest BCUT2D eigenvalue weighted by molar-refractivity contribution is -0.192. The highest BCUT2D eigenvalue weighted by molar-refractivity contribution is 6.02. The number of alkyl halides is 3. The molecule has 14 amide bonds. The number of halogens is 3. The van der Waals surface area contributed by atoms with E-state index in [4.69, 9.17) is 44.3 Å². The molecule has 5 heterocycles. The zero-order valence-corrected chi connectivity index (χ0v) is 66.2. The maximum atomic E-state index is 15.0. The molecular formula is C75H113F3N22O18. The van der Waals surface area contributed by atoms with Crippen LogP contribution >= 0.6 is 0 Å². The molecule has 43 heteroatoms. The minimum Gasteiger partial charge on any atom is -0.475 e. The number of nitrogens with two attached hydrogens (primary N) is 6. The van der Waals surface area contributed by atoms with E-state index in [0.29, 0.717) is 39.4 Å². The van der Waals surface area contributed by atoms with Gasteiger partial charge in [-0.3, -0.25) is 67.1 Å². The van der Waals surface area contributed by atoms with E-state index in [1.165, 1.54) is 18.7 Å². The Bertz CT molecular complexity index is 4150. The van der Waals surface area contributed by atoms with E-state index in [9.17, 15) is 90.5 Å². The molecule has 0 unspecified atom stereocenters. The molecule has 0 spiro atoms. The van der Waals surface area contributed by atoms with E-state index in [1.54, 1.807) is 74.8 Å². The fourth-order valence-electron chi connectivity index (χ4n) is 13.8. The predicted molar refractivity (Wildman–Crippen MR) is 421 cm³/mol. The molecule has 4 aromatic rings. The molecule has 0 saturated carbocycles. The Morgan fingerprint density at radius 1 is 0.449 bits per heavy atom. The quantitative estimate of drug-likeness (QED) is 0.0369. The van der Waals surface area contributed by atoms with Crippen molar-refractivity contribution in [2.24, 2.45) is 40.3 Å². The van der Waals surface area contributed by atoms with Crippen LogP contribution in [0.4, 0.5) is 13.2 Å². The Morgan fingerprint density at radius 3 is 1.19 bits per heavy atom. The number of carbonyl (C=O) groups is 15. The number of para-hydroxylation sites is 2. The van der Waals surface area contributed by atoms with Crippen LogP contribution in [0.2, 0.25) is 0 Å². The van der Waals surface area contributed by atoms with E-state index >= 15 is 0 Å². The summed E-state index contributed by atoms with van der Waals surface area (Å²) in [7, 11) is 0. The first-order chi connectivity index (χ1) is 56.1. The number of rotatable bonds is 21. The van der Waals surface area contributed by atoms with Gasteiger partial charge in [0.05, 0.1) is 12.7 Å². The average molecular weight is 1670 g/mol. The molecule has 652 valence electrons. The summed E-state index contributed by atoms with van der Waals surface area (Å²) in [5.41, 5.74) is 38.4. The second kappa shape index (κ2) is 46.3. The van der Waals surface area contributed by atoms with E-state index < -0.39 is 198 Å². The Balaban J connectivity index is 0.00000295. The first-order valence-corrected chi connectivity index (χ1v) is 39.2. The number of benzene rings is 2. The molecule has 3 aliphatic heterocycles. The van der Waals surface area contributed by atoms with Crippen molar-refractivity contribution in [2.45, 2.75) is 214 Å². The van der Waals surface area contributed by atoms with E-state index in [0.717, 1.165) is 4.90 Å². The standard InChI is InChI=1S/C73H112N22O16.C2HF3O2/c1-5-38(2)58-70(108)88-52(24-30-79)65(103)83-47(17-10-25-74)62(100)85-49(21-27-76)63(101)86-51(23-29-78)66(104)89-53(33-41-35-80-45-15-8-6-13-43(41)45)67(105)87-50(22-28-77)64(102)84-48(20-26-75)61(99)82-39(3)60(98)91-55(37-96)72(110)95-32-12-19-57(95)73(111)94-31-11-18-56(94)69(107)93-59(40(4)97)71(109)90-54(68(106)92-58)34-42-36-81-46-16-9-7-14-44(42)46;3-2(4,5)1(6)7/h6-9,13-16,35-36,38-40,47-59,80-81,96-97H,5,10-12,17-34,37,74-79H2,1-4H3,(H,82,99)(H,83,103)(H,84,102)(H,85,100)(H,86,101)(H,87,105)(H,88,108)(H,89,104)(H,90,109)(H,91,98)(H,92,106)(H,93,107);(H,6,7)/t38-,39-,40+,47-,48-,49+,50-,51-,52-,53-,54-,55-,56-,57-,58-,59-;/m0./s1. The van der Waals surface area contributed by atoms with Crippen LogP contribution in [-0.4, -0.2) is 280 Å². The monoisotopic (exact) mass is 1670 g/mol. The number of carboxylic acids is 1. The Morgan fingerprint density at radius 2 is 0.788 bits per heavy atom. The molecule has 3 saturated heterocycles. The summed E-state index contributed by atoms with van der Waals surface area (Å²) >= 11 is 0. The second-order valence-corrected chi connectivity index (χ2v) is 29.2. The molecule has 118 heavy (non-hydrogen) atoms. The summed E-state index contributed by atoms with van der Waals surface area (Å²) < 4.78 is 31.7. The SMILES string of the molecule is CC[C@H](C)[C@@H]1NC(=O)[C@H](Cc2c[nH]c3ccccc23)NC(=O)[C@H]([C@@H](C)O)NC(=O)[C@@H]2CCCN2C(=O)[C@@H]2CCCN2C(=O)[C@H](CO)NC(=O)[C@H](C)NC(=O)[C@H](CCN)NC(=O)[C@H](CCN)NC(=O)[C@H](Cc2c[nH]c3ccccc23)NC(=O)[C@H](CCN)NC(=O)[C@@H](CCN)NC(=O)[C@H](CCCN)NC(=O)[C@H](CCN)NC1=O.O=C(O)C(F)(F)F. The van der Waals surface area contributed by atoms with Gasteiger partial charge in [0.15, 0.2) is 0 Å². The normalized spacial score (nSPS) is 26.1. The molecule has 0 radical (unpaired) electrons.